The van der Waals surface area contributed by atoms with E-state index in [2.05, 4.69) is 44.0 Å². The molecular formula is C17H21N3OS. The molecule has 2 rings (SSSR count). The highest BCUT2D eigenvalue weighted by Crippen LogP contribution is 2.39. The quantitative estimate of drug-likeness (QED) is 0.773. The summed E-state index contributed by atoms with van der Waals surface area (Å²) in [7, 11) is 0. The van der Waals surface area contributed by atoms with E-state index in [0.717, 1.165) is 6.42 Å². The summed E-state index contributed by atoms with van der Waals surface area (Å²) in [6, 6.07) is 9.84. The topological polar surface area (TPSA) is 62.7 Å². The first kappa shape index (κ1) is 16.6. The van der Waals surface area contributed by atoms with Crippen LogP contribution < -0.4 is 0 Å². The fourth-order valence-corrected chi connectivity index (χ4v) is 3.27. The number of hydrogen-bond donors (Lipinski definition) is 0. The van der Waals surface area contributed by atoms with Crippen LogP contribution in [0.4, 0.5) is 0 Å². The lowest BCUT2D eigenvalue weighted by molar-refractivity contribution is 0.426. The van der Waals surface area contributed by atoms with Crippen LogP contribution in [0.3, 0.4) is 0 Å². The van der Waals surface area contributed by atoms with Gasteiger partial charge < -0.3 is 4.42 Å². The largest absolute Gasteiger partial charge is 0.424 e. The third-order valence-electron chi connectivity index (χ3n) is 3.33. The molecule has 0 spiro atoms. The van der Waals surface area contributed by atoms with E-state index in [1.807, 2.05) is 24.3 Å². The van der Waals surface area contributed by atoms with Gasteiger partial charge in [0.25, 0.3) is 0 Å². The summed E-state index contributed by atoms with van der Waals surface area (Å²) in [5, 5.41) is 17.6. The van der Waals surface area contributed by atoms with Gasteiger partial charge in [0.05, 0.1) is 16.9 Å². The molecule has 5 heteroatoms. The highest BCUT2D eigenvalue weighted by Gasteiger charge is 2.18. The first-order chi connectivity index (χ1) is 10.5. The maximum Gasteiger partial charge on any atom is 0.229 e. The zero-order valence-electron chi connectivity index (χ0n) is 13.4. The summed E-state index contributed by atoms with van der Waals surface area (Å²) >= 11 is 1.77. The lowest BCUT2D eigenvalue weighted by Gasteiger charge is -2.15. The summed E-state index contributed by atoms with van der Waals surface area (Å²) in [6.07, 6.45) is 0.815. The molecule has 0 N–H and O–H groups in total. The second kappa shape index (κ2) is 7.46. The van der Waals surface area contributed by atoms with Crippen LogP contribution >= 0.6 is 11.8 Å². The maximum absolute atomic E-state index is 8.84. The number of thioether (sulfide) groups is 1. The first-order valence-electron chi connectivity index (χ1n) is 7.47. The van der Waals surface area contributed by atoms with Crippen molar-refractivity contribution in [3.05, 3.63) is 47.2 Å². The van der Waals surface area contributed by atoms with E-state index in [4.69, 9.17) is 9.68 Å². The summed E-state index contributed by atoms with van der Waals surface area (Å²) < 4.78 is 5.74. The molecule has 2 aromatic rings. The normalized spacial score (nSPS) is 13.8. The molecule has 1 aromatic heterocycles. The van der Waals surface area contributed by atoms with E-state index >= 15 is 0 Å². The molecule has 0 aliphatic carbocycles. The minimum Gasteiger partial charge on any atom is -0.424 e. The molecule has 0 aliphatic heterocycles. The van der Waals surface area contributed by atoms with E-state index in [-0.39, 0.29) is 5.25 Å². The van der Waals surface area contributed by atoms with E-state index in [1.54, 1.807) is 11.8 Å². The summed E-state index contributed by atoms with van der Waals surface area (Å²) in [5.74, 6) is 1.90. The Morgan fingerprint density at radius 1 is 1.09 bits per heavy atom. The van der Waals surface area contributed by atoms with Gasteiger partial charge in [0, 0.05) is 11.7 Å². The smallest absolute Gasteiger partial charge is 0.229 e. The zero-order valence-corrected chi connectivity index (χ0v) is 14.2. The van der Waals surface area contributed by atoms with Crippen molar-refractivity contribution in [3.63, 3.8) is 0 Å². The highest BCUT2D eigenvalue weighted by molar-refractivity contribution is 7.99. The van der Waals surface area contributed by atoms with Crippen molar-refractivity contribution < 1.29 is 4.42 Å². The number of nitriles is 1. The summed E-state index contributed by atoms with van der Waals surface area (Å²) in [4.78, 5) is 0. The fourth-order valence-electron chi connectivity index (χ4n) is 2.13. The van der Waals surface area contributed by atoms with Gasteiger partial charge in [-0.2, -0.15) is 5.26 Å². The third kappa shape index (κ3) is 4.35. The van der Waals surface area contributed by atoms with Crippen LogP contribution in [0, 0.1) is 17.2 Å². The summed E-state index contributed by atoms with van der Waals surface area (Å²) in [6.45, 7) is 8.50. The molecule has 0 aliphatic rings. The Morgan fingerprint density at radius 3 is 2.36 bits per heavy atom. The SMILES string of the molecule is CC(C)Cc1nnc(C(C)SC(C)c2ccc(C#N)cc2)o1. The Labute approximate surface area is 135 Å². The molecule has 0 saturated heterocycles. The van der Waals surface area contributed by atoms with Gasteiger partial charge in [-0.3, -0.25) is 0 Å². The number of aromatic nitrogens is 2. The van der Waals surface area contributed by atoms with Gasteiger partial charge in [0.1, 0.15) is 0 Å². The standard InChI is InChI=1S/C17H21N3OS/c1-11(2)9-16-19-20-17(21-16)13(4)22-12(3)15-7-5-14(10-18)6-8-15/h5-8,11-13H,9H2,1-4H3. The molecule has 0 fully saturated rings. The van der Waals surface area contributed by atoms with Crippen molar-refractivity contribution in [3.8, 4) is 6.07 Å². The summed E-state index contributed by atoms with van der Waals surface area (Å²) in [5.41, 5.74) is 1.88. The van der Waals surface area contributed by atoms with Gasteiger partial charge in [0.15, 0.2) is 0 Å². The molecule has 2 unspecified atom stereocenters. The van der Waals surface area contributed by atoms with Crippen LogP contribution in [-0.2, 0) is 6.42 Å². The van der Waals surface area contributed by atoms with E-state index < -0.39 is 0 Å². The Morgan fingerprint density at radius 2 is 1.77 bits per heavy atom. The monoisotopic (exact) mass is 315 g/mol. The van der Waals surface area contributed by atoms with Gasteiger partial charge in [-0.05, 0) is 37.5 Å². The van der Waals surface area contributed by atoms with Crippen molar-refractivity contribution in [1.82, 2.24) is 10.2 Å². The van der Waals surface area contributed by atoms with Crippen LogP contribution in [0.25, 0.3) is 0 Å². The predicted octanol–water partition coefficient (Wildman–Crippen LogP) is 4.70. The van der Waals surface area contributed by atoms with Crippen molar-refractivity contribution in [1.29, 1.82) is 5.26 Å². The molecule has 1 aromatic carbocycles. The molecule has 116 valence electrons. The average Bonchev–Trinajstić information content (AvgIpc) is 2.95. The molecule has 2 atom stereocenters. The van der Waals surface area contributed by atoms with Crippen LogP contribution in [-0.4, -0.2) is 10.2 Å². The molecule has 0 saturated carbocycles. The number of benzene rings is 1. The minimum absolute atomic E-state index is 0.138. The lowest BCUT2D eigenvalue weighted by Crippen LogP contribution is -1.95. The Hall–Kier alpha value is -1.80. The second-order valence-corrected chi connectivity index (χ2v) is 7.47. The van der Waals surface area contributed by atoms with Crippen LogP contribution in [0.2, 0.25) is 0 Å². The van der Waals surface area contributed by atoms with E-state index in [9.17, 15) is 0 Å². The number of hydrogen-bond acceptors (Lipinski definition) is 5. The average molecular weight is 315 g/mol. The number of nitrogens with zero attached hydrogens (tertiary/aromatic N) is 3. The molecule has 0 radical (unpaired) electrons. The Kier molecular flexibility index (Phi) is 5.62. The molecule has 1 heterocycles. The van der Waals surface area contributed by atoms with Crippen molar-refractivity contribution in [2.75, 3.05) is 0 Å². The number of rotatable bonds is 6. The Balaban J connectivity index is 1.99. The van der Waals surface area contributed by atoms with Gasteiger partial charge in [-0.15, -0.1) is 22.0 Å². The van der Waals surface area contributed by atoms with Crippen LogP contribution in [0.5, 0.6) is 0 Å². The third-order valence-corrected chi connectivity index (χ3v) is 4.62. The fraction of sp³-hybridized carbons (Fsp3) is 0.471. The molecule has 4 nitrogen and oxygen atoms in total. The maximum atomic E-state index is 8.84. The Bertz CT molecular complexity index is 643. The van der Waals surface area contributed by atoms with Crippen molar-refractivity contribution in [2.45, 2.75) is 44.6 Å². The van der Waals surface area contributed by atoms with Gasteiger partial charge >= 0.3 is 0 Å². The zero-order chi connectivity index (χ0) is 16.1. The van der Waals surface area contributed by atoms with Gasteiger partial charge in [-0.1, -0.05) is 26.0 Å². The minimum atomic E-state index is 0.138. The molecular weight excluding hydrogens is 294 g/mol. The predicted molar refractivity (Wildman–Crippen MR) is 88.4 cm³/mol. The molecule has 0 bridgehead atoms. The van der Waals surface area contributed by atoms with Crippen LogP contribution in [0.1, 0.15) is 61.1 Å². The highest BCUT2D eigenvalue weighted by atomic mass is 32.2. The second-order valence-electron chi connectivity index (χ2n) is 5.79. The van der Waals surface area contributed by atoms with E-state index in [0.29, 0.717) is 28.5 Å². The lowest BCUT2D eigenvalue weighted by atomic mass is 10.1. The van der Waals surface area contributed by atoms with Gasteiger partial charge in [-0.25, -0.2) is 0 Å². The first-order valence-corrected chi connectivity index (χ1v) is 8.41. The molecule has 0 amide bonds. The molecule has 22 heavy (non-hydrogen) atoms. The van der Waals surface area contributed by atoms with Crippen molar-refractivity contribution in [2.24, 2.45) is 5.92 Å². The van der Waals surface area contributed by atoms with E-state index in [1.165, 1.54) is 5.56 Å². The van der Waals surface area contributed by atoms with Crippen molar-refractivity contribution >= 4 is 11.8 Å². The van der Waals surface area contributed by atoms with Crippen LogP contribution in [0.15, 0.2) is 28.7 Å². The van der Waals surface area contributed by atoms with Gasteiger partial charge in [0.2, 0.25) is 11.8 Å².